The monoisotopic (exact) mass is 972 g/mol. The summed E-state index contributed by atoms with van der Waals surface area (Å²) < 4.78 is 4.79. The van der Waals surface area contributed by atoms with E-state index in [2.05, 4.69) is 46.4 Å². The standard InChI is InChI=1S/C29H32ClNO4.C28H30ClNO4/c1-35-29(34)16-20-7-11-22(12-8-20)21-9-5-19(6-10-21)15-25(32)3-2-4-28(33)27-18-23-17-24(30)13-14-26(23)31-27;29-23-12-13-25-22(16-23)17-26(30-25)27(32)3-1-2-24(31)14-18-4-8-20(9-5-18)21-10-6-19(7-11-21)15-28(33)34/h5-6,9-10,13-14,17-18,20,22,31H,2-4,7-8,11-12,15-16H2,1H3;4-5,8-9,12-13,16-17,19,21,30H,1-3,6-7,10-11,14-15H2,(H,33,34). The second kappa shape index (κ2) is 24.6. The van der Waals surface area contributed by atoms with Crippen molar-refractivity contribution in [3.05, 3.63) is 141 Å². The van der Waals surface area contributed by atoms with Gasteiger partial charge in [0.25, 0.3) is 0 Å². The molecule has 6 aromatic rings. The van der Waals surface area contributed by atoms with E-state index in [0.29, 0.717) is 103 Å². The summed E-state index contributed by atoms with van der Waals surface area (Å²) in [5, 5.41) is 12.1. The number of aromatic amines is 2. The van der Waals surface area contributed by atoms with E-state index < -0.39 is 5.97 Å². The van der Waals surface area contributed by atoms with Crippen LogP contribution in [-0.4, -0.2) is 57.3 Å². The number of rotatable bonds is 20. The molecule has 0 amide bonds. The highest BCUT2D eigenvalue weighted by molar-refractivity contribution is 6.31. The molecule has 0 unspecified atom stereocenters. The van der Waals surface area contributed by atoms with Gasteiger partial charge in [0.15, 0.2) is 11.6 Å². The van der Waals surface area contributed by atoms with Gasteiger partial charge in [-0.15, -0.1) is 0 Å². The summed E-state index contributed by atoms with van der Waals surface area (Å²) in [5.41, 5.74) is 7.45. The molecular weight excluding hydrogens is 912 g/mol. The Labute approximate surface area is 413 Å². The average molecular weight is 974 g/mol. The lowest BCUT2D eigenvalue weighted by molar-refractivity contribution is -0.142. The third kappa shape index (κ3) is 15.1. The maximum Gasteiger partial charge on any atom is 0.305 e. The van der Waals surface area contributed by atoms with Gasteiger partial charge in [-0.2, -0.15) is 0 Å². The van der Waals surface area contributed by atoms with Crippen LogP contribution >= 0.6 is 23.2 Å². The molecule has 2 aromatic heterocycles. The van der Waals surface area contributed by atoms with Crippen molar-refractivity contribution >= 4 is 80.1 Å². The number of H-pyrrole nitrogens is 2. The molecule has 2 fully saturated rings. The molecule has 0 saturated heterocycles. The number of fused-ring (bicyclic) bond motifs is 2. The average Bonchev–Trinajstić information content (AvgIpc) is 3.97. The smallest absolute Gasteiger partial charge is 0.305 e. The van der Waals surface area contributed by atoms with Crippen LogP contribution in [-0.2, 0) is 36.8 Å². The summed E-state index contributed by atoms with van der Waals surface area (Å²) in [4.78, 5) is 78.6. The molecule has 0 radical (unpaired) electrons. The van der Waals surface area contributed by atoms with Crippen LogP contribution in [0.1, 0.15) is 158 Å². The molecule has 362 valence electrons. The van der Waals surface area contributed by atoms with E-state index >= 15 is 0 Å². The number of Topliss-reactive ketones (excluding diaryl/α,β-unsaturated/α-hetero) is 4. The number of ether oxygens (including phenoxy) is 1. The molecule has 4 aromatic carbocycles. The normalized spacial score (nSPS) is 18.0. The number of nitrogens with one attached hydrogen (secondary N) is 2. The van der Waals surface area contributed by atoms with E-state index in [1.165, 1.54) is 18.2 Å². The van der Waals surface area contributed by atoms with E-state index in [1.54, 1.807) is 12.1 Å². The highest BCUT2D eigenvalue weighted by Gasteiger charge is 2.26. The quantitative estimate of drug-likeness (QED) is 0.0503. The molecule has 0 aliphatic heterocycles. The fourth-order valence-corrected chi connectivity index (χ4v) is 10.4. The zero-order valence-electron chi connectivity index (χ0n) is 39.3. The van der Waals surface area contributed by atoms with Crippen molar-refractivity contribution in [2.45, 2.75) is 127 Å². The first-order valence-corrected chi connectivity index (χ1v) is 25.2. The number of aliphatic carboxylic acids is 1. The number of carbonyl (C=O) groups is 6. The number of ketones is 4. The van der Waals surface area contributed by atoms with Crippen LogP contribution in [0.4, 0.5) is 0 Å². The van der Waals surface area contributed by atoms with Gasteiger partial charge < -0.3 is 19.8 Å². The van der Waals surface area contributed by atoms with Crippen molar-refractivity contribution in [3.8, 4) is 0 Å². The Kier molecular flexibility index (Phi) is 18.2. The highest BCUT2D eigenvalue weighted by atomic mass is 35.5. The SMILES string of the molecule is COC(=O)CC1CCC(c2ccc(CC(=O)CCCC(=O)c3cc4cc(Cl)ccc4[nH]3)cc2)CC1.O=C(O)CC1CCC(c2ccc(CC(=O)CCCC(=O)c3cc4cc(Cl)ccc4[nH]3)cc2)CC1. The Morgan fingerprint density at radius 2 is 0.942 bits per heavy atom. The van der Waals surface area contributed by atoms with Crippen molar-refractivity contribution in [3.63, 3.8) is 0 Å². The fraction of sp³-hybridized carbons (Fsp3) is 0.404. The minimum absolute atomic E-state index is 0.00236. The summed E-state index contributed by atoms with van der Waals surface area (Å²) in [7, 11) is 1.45. The molecule has 0 bridgehead atoms. The number of aromatic nitrogens is 2. The summed E-state index contributed by atoms with van der Waals surface area (Å²) in [6.07, 6.45) is 12.3. The van der Waals surface area contributed by atoms with Gasteiger partial charge in [0.1, 0.15) is 11.6 Å². The first kappa shape index (κ1) is 51.0. The van der Waals surface area contributed by atoms with Gasteiger partial charge in [-0.05, 0) is 159 Å². The maximum absolute atomic E-state index is 12.5. The summed E-state index contributed by atoms with van der Waals surface area (Å²) in [6.45, 7) is 0. The Bertz CT molecular complexity index is 2740. The minimum atomic E-state index is -0.704. The molecule has 12 heteroatoms. The third-order valence-corrected chi connectivity index (χ3v) is 14.5. The van der Waals surface area contributed by atoms with Gasteiger partial charge in [0, 0.05) is 83.2 Å². The van der Waals surface area contributed by atoms with E-state index in [1.807, 2.05) is 48.5 Å². The zero-order chi connectivity index (χ0) is 48.9. The number of hydrogen-bond donors (Lipinski definition) is 3. The molecule has 0 spiro atoms. The van der Waals surface area contributed by atoms with Crippen LogP contribution in [0.15, 0.2) is 97.1 Å². The molecule has 0 atom stereocenters. The zero-order valence-corrected chi connectivity index (χ0v) is 40.8. The Balaban J connectivity index is 0.000000204. The number of hydrogen-bond acceptors (Lipinski definition) is 7. The van der Waals surface area contributed by atoms with Crippen LogP contribution in [0.2, 0.25) is 10.0 Å². The van der Waals surface area contributed by atoms with Gasteiger partial charge in [-0.25, -0.2) is 0 Å². The van der Waals surface area contributed by atoms with Gasteiger partial charge in [-0.3, -0.25) is 28.8 Å². The third-order valence-electron chi connectivity index (χ3n) is 14.0. The first-order valence-electron chi connectivity index (χ1n) is 24.4. The lowest BCUT2D eigenvalue weighted by Gasteiger charge is -2.28. The van der Waals surface area contributed by atoms with Crippen LogP contribution in [0.5, 0.6) is 0 Å². The van der Waals surface area contributed by atoms with Crippen molar-refractivity contribution in [2.24, 2.45) is 11.8 Å². The second-order valence-electron chi connectivity index (χ2n) is 19.1. The summed E-state index contributed by atoms with van der Waals surface area (Å²) in [6, 6.07) is 31.2. The molecule has 8 rings (SSSR count). The number of halogens is 2. The minimum Gasteiger partial charge on any atom is -0.481 e. The maximum atomic E-state index is 12.5. The molecule has 69 heavy (non-hydrogen) atoms. The van der Waals surface area contributed by atoms with Gasteiger partial charge in [0.2, 0.25) is 0 Å². The Morgan fingerprint density at radius 1 is 0.536 bits per heavy atom. The Hall–Kier alpha value is -5.84. The number of carboxylic acid groups (broad SMARTS) is 1. The first-order chi connectivity index (χ1) is 33.3. The molecule has 2 aliphatic rings. The van der Waals surface area contributed by atoms with Crippen molar-refractivity contribution in [1.82, 2.24) is 9.97 Å². The molecule has 2 saturated carbocycles. The molecule has 3 N–H and O–H groups in total. The second-order valence-corrected chi connectivity index (χ2v) is 20.0. The number of benzene rings is 4. The van der Waals surface area contributed by atoms with Crippen LogP contribution in [0, 0.1) is 11.8 Å². The molecular formula is C57H62Cl2N2O8. The van der Waals surface area contributed by atoms with Gasteiger partial charge in [-0.1, -0.05) is 71.7 Å². The predicted molar refractivity (Wildman–Crippen MR) is 272 cm³/mol. The van der Waals surface area contributed by atoms with Gasteiger partial charge >= 0.3 is 11.9 Å². The van der Waals surface area contributed by atoms with Crippen LogP contribution in [0.3, 0.4) is 0 Å². The van der Waals surface area contributed by atoms with Crippen molar-refractivity contribution < 1.29 is 38.6 Å². The molecule has 2 heterocycles. The summed E-state index contributed by atoms with van der Waals surface area (Å²) >= 11 is 12.0. The van der Waals surface area contributed by atoms with Crippen molar-refractivity contribution in [2.75, 3.05) is 7.11 Å². The lowest BCUT2D eigenvalue weighted by Crippen LogP contribution is -2.17. The van der Waals surface area contributed by atoms with E-state index in [0.717, 1.165) is 84.3 Å². The number of carboxylic acids is 1. The van der Waals surface area contributed by atoms with Crippen LogP contribution < -0.4 is 0 Å². The molecule has 2 aliphatic carbocycles. The largest absolute Gasteiger partial charge is 0.481 e. The Morgan fingerprint density at radius 3 is 1.33 bits per heavy atom. The summed E-state index contributed by atoms with van der Waals surface area (Å²) in [5.74, 6) is 1.19. The highest BCUT2D eigenvalue weighted by Crippen LogP contribution is 2.38. The number of esters is 1. The van der Waals surface area contributed by atoms with Crippen LogP contribution in [0.25, 0.3) is 21.8 Å². The topological polar surface area (TPSA) is 163 Å². The lowest BCUT2D eigenvalue weighted by atomic mass is 9.77. The van der Waals surface area contributed by atoms with E-state index in [9.17, 15) is 28.8 Å². The van der Waals surface area contributed by atoms with E-state index in [4.69, 9.17) is 33.0 Å². The van der Waals surface area contributed by atoms with Crippen molar-refractivity contribution in [1.29, 1.82) is 0 Å². The number of methoxy groups -OCH3 is 1. The van der Waals surface area contributed by atoms with E-state index in [-0.39, 0.29) is 35.5 Å². The fourth-order valence-electron chi connectivity index (χ4n) is 10.1. The number of carbonyl (C=O) groups excluding carboxylic acids is 5. The predicted octanol–water partition coefficient (Wildman–Crippen LogP) is 13.6. The van der Waals surface area contributed by atoms with Gasteiger partial charge in [0.05, 0.1) is 18.5 Å². The molecule has 10 nitrogen and oxygen atoms in total.